The highest BCUT2D eigenvalue weighted by Gasteiger charge is 2.59. The van der Waals surface area contributed by atoms with E-state index in [1.54, 1.807) is 0 Å². The summed E-state index contributed by atoms with van der Waals surface area (Å²) in [7, 11) is -10.7. The van der Waals surface area contributed by atoms with Crippen LogP contribution in [0.25, 0.3) is 12.2 Å². The van der Waals surface area contributed by atoms with Crippen molar-refractivity contribution in [1.29, 1.82) is 0 Å². The number of rotatable bonds is 10. The molecule has 6 nitrogen and oxygen atoms in total. The summed E-state index contributed by atoms with van der Waals surface area (Å²) in [6.07, 6.45) is -11.1. The third-order valence-electron chi connectivity index (χ3n) is 4.11. The first-order valence-corrected chi connectivity index (χ1v) is 14.1. The van der Waals surface area contributed by atoms with Crippen molar-refractivity contribution in [2.45, 2.75) is 31.7 Å². The van der Waals surface area contributed by atoms with E-state index < -0.39 is 69.7 Å². The molecule has 0 saturated carbocycles. The Hall–Kier alpha value is -2.46. The lowest BCUT2D eigenvalue weighted by atomic mass is 10.1. The van der Waals surface area contributed by atoms with Crippen molar-refractivity contribution in [2.24, 2.45) is 0 Å². The smallest absolute Gasteiger partial charge is 0.427 e. The van der Waals surface area contributed by atoms with Crippen molar-refractivity contribution in [3.63, 3.8) is 0 Å². The summed E-state index contributed by atoms with van der Waals surface area (Å²) in [5.74, 6) is -3.33. The van der Waals surface area contributed by atoms with E-state index in [-0.39, 0.29) is 29.3 Å². The van der Waals surface area contributed by atoms with Gasteiger partial charge in [0.15, 0.2) is 5.75 Å². The van der Waals surface area contributed by atoms with Crippen molar-refractivity contribution in [3.05, 3.63) is 60.2 Å². The zero-order chi connectivity index (χ0) is 33.1. The van der Waals surface area contributed by atoms with Gasteiger partial charge >= 0.3 is 42.3 Å². The lowest BCUT2D eigenvalue weighted by Gasteiger charge is -2.24. The first kappa shape index (κ1) is 37.6. The van der Waals surface area contributed by atoms with Crippen LogP contribution in [0.2, 0.25) is 0 Å². The van der Waals surface area contributed by atoms with Gasteiger partial charge in [-0.15, -0.1) is 7.77 Å². The maximum Gasteiger partial charge on any atom is 0.475 e. The van der Waals surface area contributed by atoms with Crippen LogP contribution in [0.5, 0.6) is 11.5 Å². The second-order valence-electron chi connectivity index (χ2n) is 7.15. The SMILES string of the molecule is C=Cc1cc(C=C(F)F)ccc1S(=O)(=O)F.O=S(=O)(F)c1ccc(OC(F)(F)C(F)(F)Br)cc1OC(F)(F)C(F)(F)Br. The molecule has 0 aliphatic rings. The molecule has 0 bridgehead atoms. The summed E-state index contributed by atoms with van der Waals surface area (Å²) in [4.78, 5) is -12.4. The Morgan fingerprint density at radius 2 is 1.19 bits per heavy atom. The van der Waals surface area contributed by atoms with Crippen LogP contribution in [0.4, 0.5) is 51.7 Å². The van der Waals surface area contributed by atoms with E-state index in [0.717, 1.165) is 24.3 Å². The average Bonchev–Trinajstić information content (AvgIpc) is 2.75. The highest BCUT2D eigenvalue weighted by atomic mass is 79.9. The van der Waals surface area contributed by atoms with Gasteiger partial charge in [-0.1, -0.05) is 18.7 Å². The Balaban J connectivity index is 0.000000470. The molecular weight excluding hydrogens is 788 g/mol. The van der Waals surface area contributed by atoms with Gasteiger partial charge in [-0.25, -0.2) is 0 Å². The van der Waals surface area contributed by atoms with E-state index in [1.165, 1.54) is 31.9 Å². The number of hydrogen-bond acceptors (Lipinski definition) is 6. The maximum atomic E-state index is 13.2. The van der Waals surface area contributed by atoms with Crippen molar-refractivity contribution in [2.75, 3.05) is 0 Å². The predicted octanol–water partition coefficient (Wildman–Crippen LogP) is 8.49. The van der Waals surface area contributed by atoms with Gasteiger partial charge in [-0.3, -0.25) is 0 Å². The van der Waals surface area contributed by atoms with Gasteiger partial charge in [0.25, 0.3) is 6.08 Å². The Morgan fingerprint density at radius 3 is 1.60 bits per heavy atom. The van der Waals surface area contributed by atoms with E-state index in [9.17, 15) is 68.5 Å². The lowest BCUT2D eigenvalue weighted by Crippen LogP contribution is -2.41. The van der Waals surface area contributed by atoms with Crippen LogP contribution < -0.4 is 9.47 Å². The fraction of sp³-hybridized carbons (Fsp3) is 0.200. The molecule has 0 saturated heterocycles. The van der Waals surface area contributed by atoms with Crippen LogP contribution in [0.15, 0.2) is 58.8 Å². The Bertz CT molecular complexity index is 1550. The van der Waals surface area contributed by atoms with Crippen molar-refractivity contribution in [3.8, 4) is 11.5 Å². The summed E-state index contributed by atoms with van der Waals surface area (Å²) >= 11 is 2.49. The topological polar surface area (TPSA) is 86.7 Å². The molecule has 22 heteroatoms. The highest BCUT2D eigenvalue weighted by Crippen LogP contribution is 2.45. The fourth-order valence-electron chi connectivity index (χ4n) is 2.40. The molecule has 236 valence electrons. The summed E-state index contributed by atoms with van der Waals surface area (Å²) < 4.78 is 203. The molecule has 0 atom stereocenters. The van der Waals surface area contributed by atoms with Crippen LogP contribution >= 0.6 is 31.9 Å². The minimum atomic E-state index is -5.86. The molecule has 2 aromatic rings. The lowest BCUT2D eigenvalue weighted by molar-refractivity contribution is -0.269. The Labute approximate surface area is 245 Å². The minimum absolute atomic E-state index is 0.00487. The number of benzene rings is 2. The molecule has 2 rings (SSSR count). The molecular formula is C20H10Br2F12O6S2. The fourth-order valence-corrected chi connectivity index (χ4v) is 3.79. The second-order valence-corrected chi connectivity index (χ2v) is 11.8. The minimum Gasteiger partial charge on any atom is -0.427 e. The first-order valence-electron chi connectivity index (χ1n) is 9.72. The predicted molar refractivity (Wildman–Crippen MR) is 129 cm³/mol. The van der Waals surface area contributed by atoms with Crippen LogP contribution in [-0.4, -0.2) is 38.7 Å². The largest absolute Gasteiger partial charge is 0.475 e. The normalized spacial score (nSPS) is 13.0. The monoisotopic (exact) mass is 796 g/mol. The van der Waals surface area contributed by atoms with E-state index in [4.69, 9.17) is 0 Å². The number of halogens is 14. The molecule has 0 amide bonds. The molecule has 0 N–H and O–H groups in total. The quantitative estimate of drug-likeness (QED) is 0.136. The molecule has 42 heavy (non-hydrogen) atoms. The summed E-state index contributed by atoms with van der Waals surface area (Å²) in [5, 5.41) is 0. The van der Waals surface area contributed by atoms with Crippen molar-refractivity contribution in [1.82, 2.24) is 0 Å². The summed E-state index contributed by atoms with van der Waals surface area (Å²) in [6.45, 7) is 3.29. The van der Waals surface area contributed by atoms with E-state index in [2.05, 4.69) is 16.1 Å². The zero-order valence-electron chi connectivity index (χ0n) is 19.4. The van der Waals surface area contributed by atoms with Gasteiger partial charge in [-0.05, 0) is 35.4 Å². The van der Waals surface area contributed by atoms with Crippen LogP contribution in [0.3, 0.4) is 0 Å². The van der Waals surface area contributed by atoms with Crippen LogP contribution in [-0.2, 0) is 20.4 Å². The standard InChI is InChI=1S/C10H3Br2F9O4S.C10H7F3O2S/c11-7(13,14)9(17,18)24-4-1-2-6(26(21,22)23)5(3-4)25-10(19,20)8(12,15)16;1-2-8-5-7(6-10(11)12)3-4-9(8)16(13,14)15/h1-3H;2-6H,1H2. The Morgan fingerprint density at radius 1 is 0.738 bits per heavy atom. The molecule has 0 unspecified atom stereocenters. The highest BCUT2D eigenvalue weighted by molar-refractivity contribution is 9.10. The second kappa shape index (κ2) is 13.0. The summed E-state index contributed by atoms with van der Waals surface area (Å²) in [5.41, 5.74) is 0.0137. The van der Waals surface area contributed by atoms with Crippen molar-refractivity contribution < 1.29 is 78.0 Å². The van der Waals surface area contributed by atoms with Gasteiger partial charge in [-0.2, -0.15) is 60.7 Å². The Kier molecular flexibility index (Phi) is 11.7. The summed E-state index contributed by atoms with van der Waals surface area (Å²) in [6, 6.07) is 3.07. The zero-order valence-corrected chi connectivity index (χ0v) is 24.2. The third-order valence-corrected chi connectivity index (χ3v) is 6.80. The van der Waals surface area contributed by atoms with E-state index in [0.29, 0.717) is 6.08 Å². The maximum absolute atomic E-state index is 13.2. The molecule has 0 heterocycles. The third kappa shape index (κ3) is 10.4. The molecule has 0 aliphatic carbocycles. The molecule has 0 fully saturated rings. The number of ether oxygens (including phenoxy) is 2. The molecule has 0 spiro atoms. The molecule has 2 aromatic carbocycles. The molecule has 0 radical (unpaired) electrons. The van der Waals surface area contributed by atoms with E-state index >= 15 is 0 Å². The first-order chi connectivity index (χ1) is 18.6. The van der Waals surface area contributed by atoms with Gasteiger partial charge in [0.2, 0.25) is 0 Å². The van der Waals surface area contributed by atoms with Gasteiger partial charge in [0, 0.05) is 44.0 Å². The van der Waals surface area contributed by atoms with Crippen LogP contribution in [0, 0.1) is 0 Å². The molecule has 0 aliphatic heterocycles. The average molecular weight is 798 g/mol. The van der Waals surface area contributed by atoms with Gasteiger partial charge in [0.05, 0.1) is 0 Å². The molecule has 0 aromatic heterocycles. The van der Waals surface area contributed by atoms with Gasteiger partial charge < -0.3 is 9.47 Å². The van der Waals surface area contributed by atoms with Gasteiger partial charge in [0.1, 0.15) is 15.5 Å². The van der Waals surface area contributed by atoms with Crippen LogP contribution in [0.1, 0.15) is 11.1 Å². The van der Waals surface area contributed by atoms with Crippen molar-refractivity contribution >= 4 is 64.5 Å². The number of hydrogen-bond donors (Lipinski definition) is 0. The number of alkyl halides is 10. The van der Waals surface area contributed by atoms with E-state index in [1.807, 2.05) is 0 Å².